The first-order valence-electron chi connectivity index (χ1n) is 8.93. The smallest absolute Gasteiger partial charge is 0.328 e. The molecule has 1 unspecified atom stereocenters. The summed E-state index contributed by atoms with van der Waals surface area (Å²) in [6.07, 6.45) is 2.54. The van der Waals surface area contributed by atoms with Gasteiger partial charge in [-0.3, -0.25) is 4.79 Å². The van der Waals surface area contributed by atoms with E-state index in [4.69, 9.17) is 9.47 Å². The van der Waals surface area contributed by atoms with Crippen LogP contribution in [-0.2, 0) is 14.3 Å². The van der Waals surface area contributed by atoms with Crippen molar-refractivity contribution in [2.75, 3.05) is 20.3 Å². The number of unbranched alkanes of at least 4 members (excludes halogenated alkanes) is 2. The molecule has 0 spiro atoms. The molecule has 1 atom stereocenters. The number of aldehydes is 1. The summed E-state index contributed by atoms with van der Waals surface area (Å²) in [6, 6.07) is 4.58. The third-order valence-electron chi connectivity index (χ3n) is 4.01. The van der Waals surface area contributed by atoms with Crippen LogP contribution < -0.4 is 10.1 Å². The molecule has 0 fully saturated rings. The lowest BCUT2D eigenvalue weighted by molar-refractivity contribution is -0.140. The molecule has 156 valence electrons. The molecule has 1 amide bonds. The maximum atomic E-state index is 13.7. The summed E-state index contributed by atoms with van der Waals surface area (Å²) < 4.78 is 24.0. The highest BCUT2D eigenvalue weighted by Crippen LogP contribution is 2.29. The van der Waals surface area contributed by atoms with Gasteiger partial charge in [0.1, 0.15) is 17.9 Å². The van der Waals surface area contributed by atoms with Gasteiger partial charge in [0.2, 0.25) is 0 Å². The number of halogens is 1. The number of nitrogens with one attached hydrogen (secondary N) is 1. The number of aliphatic carboxylic acids is 1. The maximum Gasteiger partial charge on any atom is 0.328 e. The fourth-order valence-corrected chi connectivity index (χ4v) is 3.31. The van der Waals surface area contributed by atoms with Crippen molar-refractivity contribution in [2.24, 2.45) is 0 Å². The standard InChI is InChI=1S/C20H22FNO6S/c1-27-16-8-13(7-15(21)10-16)14-9-18(29-12-14)19(24)22-17(20(25)26)11-28-6-4-2-3-5-23/h5,7-10,12,17H,2-4,6,11H2,1H3,(H,22,24)(H,25,26). The van der Waals surface area contributed by atoms with Crippen LogP contribution in [0.2, 0.25) is 0 Å². The highest BCUT2D eigenvalue weighted by molar-refractivity contribution is 7.12. The Morgan fingerprint density at radius 3 is 2.72 bits per heavy atom. The van der Waals surface area contributed by atoms with Gasteiger partial charge in [0, 0.05) is 19.1 Å². The van der Waals surface area contributed by atoms with Gasteiger partial charge in [0.25, 0.3) is 5.91 Å². The molecule has 2 rings (SSSR count). The number of amides is 1. The monoisotopic (exact) mass is 423 g/mol. The van der Waals surface area contributed by atoms with Gasteiger partial charge in [-0.15, -0.1) is 11.3 Å². The summed E-state index contributed by atoms with van der Waals surface area (Å²) in [6.45, 7) is 0.125. The molecule has 0 aliphatic heterocycles. The van der Waals surface area contributed by atoms with Crippen LogP contribution in [-0.4, -0.2) is 49.6 Å². The minimum atomic E-state index is -1.21. The molecule has 7 nitrogen and oxygen atoms in total. The van der Waals surface area contributed by atoms with E-state index in [1.165, 1.54) is 19.2 Å². The van der Waals surface area contributed by atoms with Crippen molar-refractivity contribution in [1.82, 2.24) is 5.32 Å². The van der Waals surface area contributed by atoms with Gasteiger partial charge in [0.15, 0.2) is 6.04 Å². The van der Waals surface area contributed by atoms with E-state index in [2.05, 4.69) is 5.32 Å². The molecule has 0 aliphatic rings. The van der Waals surface area contributed by atoms with Gasteiger partial charge < -0.3 is 24.7 Å². The molecule has 0 aliphatic carbocycles. The number of hydrogen-bond donors (Lipinski definition) is 2. The van der Waals surface area contributed by atoms with Gasteiger partial charge >= 0.3 is 5.97 Å². The molecule has 0 radical (unpaired) electrons. The van der Waals surface area contributed by atoms with E-state index in [1.54, 1.807) is 17.5 Å². The average molecular weight is 423 g/mol. The zero-order valence-corrected chi connectivity index (χ0v) is 16.7. The van der Waals surface area contributed by atoms with Crippen molar-refractivity contribution in [2.45, 2.75) is 25.3 Å². The number of carbonyl (C=O) groups is 3. The van der Waals surface area contributed by atoms with Crippen LogP contribution in [0.25, 0.3) is 11.1 Å². The predicted molar refractivity (Wildman–Crippen MR) is 106 cm³/mol. The first kappa shape index (κ1) is 22.5. The van der Waals surface area contributed by atoms with Crippen LogP contribution in [0.5, 0.6) is 5.75 Å². The SMILES string of the molecule is COc1cc(F)cc(-c2csc(C(=O)NC(COCCCCC=O)C(=O)O)c2)c1. The van der Waals surface area contributed by atoms with Crippen LogP contribution in [0.15, 0.2) is 29.6 Å². The highest BCUT2D eigenvalue weighted by atomic mass is 32.1. The molecule has 0 bridgehead atoms. The maximum absolute atomic E-state index is 13.7. The minimum Gasteiger partial charge on any atom is -0.497 e. The topological polar surface area (TPSA) is 102 Å². The fourth-order valence-electron chi connectivity index (χ4n) is 2.49. The molecule has 0 saturated heterocycles. The molecular weight excluding hydrogens is 401 g/mol. The van der Waals surface area contributed by atoms with Crippen molar-refractivity contribution in [3.8, 4) is 16.9 Å². The lowest BCUT2D eigenvalue weighted by Crippen LogP contribution is -2.43. The molecular formula is C20H22FNO6S. The molecule has 2 aromatic rings. The lowest BCUT2D eigenvalue weighted by Gasteiger charge is -2.14. The van der Waals surface area contributed by atoms with Crippen molar-refractivity contribution < 1.29 is 33.4 Å². The Bertz CT molecular complexity index is 853. The van der Waals surface area contributed by atoms with Gasteiger partial charge in [-0.2, -0.15) is 0 Å². The molecule has 0 saturated carbocycles. The van der Waals surface area contributed by atoms with E-state index in [0.29, 0.717) is 47.6 Å². The van der Waals surface area contributed by atoms with E-state index in [9.17, 15) is 23.9 Å². The number of thiophene rings is 1. The van der Waals surface area contributed by atoms with Gasteiger partial charge in [0.05, 0.1) is 18.6 Å². The van der Waals surface area contributed by atoms with E-state index >= 15 is 0 Å². The second kappa shape index (κ2) is 11.3. The fraction of sp³-hybridized carbons (Fsp3) is 0.350. The second-order valence-electron chi connectivity index (χ2n) is 6.18. The molecule has 1 aromatic carbocycles. The summed E-state index contributed by atoms with van der Waals surface area (Å²) in [5.74, 6) is -1.87. The van der Waals surface area contributed by atoms with Crippen LogP contribution >= 0.6 is 11.3 Å². The number of carboxylic acids is 1. The minimum absolute atomic E-state index is 0.179. The van der Waals surface area contributed by atoms with E-state index in [0.717, 1.165) is 17.6 Å². The predicted octanol–water partition coefficient (Wildman–Crippen LogP) is 3.13. The van der Waals surface area contributed by atoms with Crippen molar-refractivity contribution in [3.63, 3.8) is 0 Å². The number of benzene rings is 1. The highest BCUT2D eigenvalue weighted by Gasteiger charge is 2.22. The molecule has 9 heteroatoms. The van der Waals surface area contributed by atoms with Crippen molar-refractivity contribution in [3.05, 3.63) is 40.3 Å². The Morgan fingerprint density at radius 2 is 2.03 bits per heavy atom. The summed E-state index contributed by atoms with van der Waals surface area (Å²) in [4.78, 5) is 34.3. The van der Waals surface area contributed by atoms with Crippen LogP contribution in [0, 0.1) is 5.82 Å². The van der Waals surface area contributed by atoms with E-state index in [-0.39, 0.29) is 6.61 Å². The largest absolute Gasteiger partial charge is 0.497 e. The van der Waals surface area contributed by atoms with Crippen molar-refractivity contribution in [1.29, 1.82) is 0 Å². The number of hydrogen-bond acceptors (Lipinski definition) is 6. The Hall–Kier alpha value is -2.78. The Balaban J connectivity index is 1.98. The number of ether oxygens (including phenoxy) is 2. The Kier molecular flexibility index (Phi) is 8.75. The summed E-state index contributed by atoms with van der Waals surface area (Å²) in [7, 11) is 1.43. The van der Waals surface area contributed by atoms with E-state index < -0.39 is 23.7 Å². The van der Waals surface area contributed by atoms with Gasteiger partial charge in [-0.1, -0.05) is 0 Å². The average Bonchev–Trinajstić information content (AvgIpc) is 3.19. The number of carbonyl (C=O) groups excluding carboxylic acids is 2. The van der Waals surface area contributed by atoms with Crippen LogP contribution in [0.1, 0.15) is 28.9 Å². The molecule has 1 heterocycles. The summed E-state index contributed by atoms with van der Waals surface area (Å²) >= 11 is 1.12. The molecule has 29 heavy (non-hydrogen) atoms. The zero-order valence-electron chi connectivity index (χ0n) is 15.9. The quantitative estimate of drug-likeness (QED) is 0.402. The molecule has 2 N–H and O–H groups in total. The van der Waals surface area contributed by atoms with Crippen molar-refractivity contribution >= 4 is 29.5 Å². The summed E-state index contributed by atoms with van der Waals surface area (Å²) in [5, 5.41) is 13.4. The second-order valence-corrected chi connectivity index (χ2v) is 7.09. The third kappa shape index (κ3) is 6.95. The van der Waals surface area contributed by atoms with Gasteiger partial charge in [-0.05, 0) is 47.5 Å². The van der Waals surface area contributed by atoms with Crippen LogP contribution in [0.3, 0.4) is 0 Å². The summed E-state index contributed by atoms with van der Waals surface area (Å²) in [5.41, 5.74) is 1.17. The Morgan fingerprint density at radius 1 is 1.24 bits per heavy atom. The van der Waals surface area contributed by atoms with Gasteiger partial charge in [-0.25, -0.2) is 9.18 Å². The number of rotatable bonds is 12. The van der Waals surface area contributed by atoms with E-state index in [1.807, 2.05) is 0 Å². The normalized spacial score (nSPS) is 11.7. The zero-order chi connectivity index (χ0) is 21.2. The number of methoxy groups -OCH3 is 1. The third-order valence-corrected chi connectivity index (χ3v) is 4.94. The first-order valence-corrected chi connectivity index (χ1v) is 9.81. The molecule has 1 aromatic heterocycles. The lowest BCUT2D eigenvalue weighted by atomic mass is 10.1. The first-order chi connectivity index (χ1) is 13.9. The Labute approximate surface area is 171 Å². The number of carboxylic acid groups (broad SMARTS) is 1. The van der Waals surface area contributed by atoms with Crippen LogP contribution in [0.4, 0.5) is 4.39 Å².